The molecule has 1 rings (SSSR count). The van der Waals surface area contributed by atoms with Crippen LogP contribution in [0.2, 0.25) is 0 Å². The molecular weight excluding hydrogens is 160 g/mol. The van der Waals surface area contributed by atoms with Crippen LogP contribution >= 0.6 is 0 Å². The van der Waals surface area contributed by atoms with Crippen molar-refractivity contribution in [3.63, 3.8) is 0 Å². The van der Waals surface area contributed by atoms with E-state index in [0.29, 0.717) is 13.0 Å². The molecule has 0 heterocycles. The van der Waals surface area contributed by atoms with E-state index in [4.69, 9.17) is 22.3 Å². The summed E-state index contributed by atoms with van der Waals surface area (Å²) in [5.74, 6) is -1.15. The number of guanidine groups is 1. The molecule has 1 aliphatic carbocycles. The van der Waals surface area contributed by atoms with Gasteiger partial charge in [0, 0.05) is 12.5 Å². The first kappa shape index (κ1) is 8.79. The molecule has 0 aliphatic heterocycles. The van der Waals surface area contributed by atoms with E-state index in [0.717, 1.165) is 0 Å². The van der Waals surface area contributed by atoms with E-state index >= 15 is 0 Å². The van der Waals surface area contributed by atoms with Crippen molar-refractivity contribution >= 4 is 11.9 Å². The minimum Gasteiger partial charge on any atom is -0.480 e. The van der Waals surface area contributed by atoms with Crippen molar-refractivity contribution in [3.05, 3.63) is 0 Å². The first-order valence-electron chi connectivity index (χ1n) is 3.54. The number of nitrogens with zero attached hydrogens (tertiary/aromatic N) is 1. The van der Waals surface area contributed by atoms with Crippen molar-refractivity contribution in [1.29, 1.82) is 0 Å². The SMILES string of the molecule is NC(N)=NCC1CC1(N)C(=O)O. The molecule has 0 aromatic carbocycles. The van der Waals surface area contributed by atoms with Gasteiger partial charge in [-0.1, -0.05) is 0 Å². The fourth-order valence-electron chi connectivity index (χ4n) is 1.05. The van der Waals surface area contributed by atoms with Crippen LogP contribution in [-0.2, 0) is 4.79 Å². The molecule has 0 saturated heterocycles. The number of carbonyl (C=O) groups is 1. The minimum absolute atomic E-state index is 0.0327. The second-order valence-electron chi connectivity index (χ2n) is 3.01. The molecule has 1 fully saturated rings. The highest BCUT2D eigenvalue weighted by molar-refractivity contribution is 5.83. The smallest absolute Gasteiger partial charge is 0.324 e. The molecule has 2 atom stereocenters. The summed E-state index contributed by atoms with van der Waals surface area (Å²) < 4.78 is 0. The summed E-state index contributed by atoms with van der Waals surface area (Å²) in [5, 5.41) is 8.61. The van der Waals surface area contributed by atoms with Gasteiger partial charge in [-0.05, 0) is 6.42 Å². The highest BCUT2D eigenvalue weighted by atomic mass is 16.4. The van der Waals surface area contributed by atoms with Gasteiger partial charge in [0.2, 0.25) is 0 Å². The number of nitrogens with two attached hydrogens (primary N) is 3. The van der Waals surface area contributed by atoms with Crippen LogP contribution in [0, 0.1) is 5.92 Å². The van der Waals surface area contributed by atoms with E-state index in [1.165, 1.54) is 0 Å². The van der Waals surface area contributed by atoms with Gasteiger partial charge in [0.1, 0.15) is 5.54 Å². The molecular formula is C6H12N4O2. The molecule has 0 aromatic heterocycles. The predicted octanol–water partition coefficient (Wildman–Crippen LogP) is -1.94. The van der Waals surface area contributed by atoms with E-state index < -0.39 is 11.5 Å². The Bertz CT molecular complexity index is 236. The molecule has 1 aliphatic rings. The fraction of sp³-hybridized carbons (Fsp3) is 0.667. The number of aliphatic imine (C=N–C) groups is 1. The van der Waals surface area contributed by atoms with Gasteiger partial charge in [-0.2, -0.15) is 0 Å². The number of hydrogen-bond donors (Lipinski definition) is 4. The van der Waals surface area contributed by atoms with Crippen LogP contribution in [0.3, 0.4) is 0 Å². The summed E-state index contributed by atoms with van der Waals surface area (Å²) in [7, 11) is 0. The zero-order valence-electron chi connectivity index (χ0n) is 6.53. The second-order valence-corrected chi connectivity index (χ2v) is 3.01. The van der Waals surface area contributed by atoms with Gasteiger partial charge in [0.25, 0.3) is 0 Å². The van der Waals surface area contributed by atoms with E-state index in [1.807, 2.05) is 0 Å². The average Bonchev–Trinajstić information content (AvgIpc) is 2.59. The van der Waals surface area contributed by atoms with Crippen molar-refractivity contribution in [2.24, 2.45) is 28.1 Å². The molecule has 2 unspecified atom stereocenters. The number of rotatable bonds is 3. The lowest BCUT2D eigenvalue weighted by Gasteiger charge is -2.02. The molecule has 0 amide bonds. The van der Waals surface area contributed by atoms with Gasteiger partial charge in [0.05, 0.1) is 0 Å². The van der Waals surface area contributed by atoms with Crippen LogP contribution in [0.15, 0.2) is 4.99 Å². The van der Waals surface area contributed by atoms with Gasteiger partial charge in [0.15, 0.2) is 5.96 Å². The van der Waals surface area contributed by atoms with Crippen LogP contribution in [0.25, 0.3) is 0 Å². The Kier molecular flexibility index (Phi) is 1.93. The van der Waals surface area contributed by atoms with Gasteiger partial charge in [-0.3, -0.25) is 9.79 Å². The Labute approximate surface area is 69.4 Å². The monoisotopic (exact) mass is 172 g/mol. The van der Waals surface area contributed by atoms with E-state index in [1.54, 1.807) is 0 Å². The normalized spacial score (nSPS) is 32.6. The Morgan fingerprint density at radius 1 is 1.67 bits per heavy atom. The van der Waals surface area contributed by atoms with Crippen molar-refractivity contribution in [2.75, 3.05) is 6.54 Å². The average molecular weight is 172 g/mol. The Morgan fingerprint density at radius 2 is 2.25 bits per heavy atom. The first-order chi connectivity index (χ1) is 5.47. The molecule has 0 radical (unpaired) electrons. The zero-order valence-corrected chi connectivity index (χ0v) is 6.53. The van der Waals surface area contributed by atoms with E-state index in [2.05, 4.69) is 4.99 Å². The third-order valence-corrected chi connectivity index (χ3v) is 2.04. The van der Waals surface area contributed by atoms with E-state index in [-0.39, 0.29) is 11.9 Å². The first-order valence-corrected chi connectivity index (χ1v) is 3.54. The second kappa shape index (κ2) is 2.63. The summed E-state index contributed by atoms with van der Waals surface area (Å²) in [6.07, 6.45) is 0.444. The molecule has 1 saturated carbocycles. The van der Waals surface area contributed by atoms with Crippen molar-refractivity contribution in [3.8, 4) is 0 Å². The summed E-state index contributed by atoms with van der Waals surface area (Å²) in [5.41, 5.74) is 14.5. The van der Waals surface area contributed by atoms with Crippen LogP contribution in [0.5, 0.6) is 0 Å². The Balaban J connectivity index is 2.43. The third kappa shape index (κ3) is 1.48. The molecule has 68 valence electrons. The summed E-state index contributed by atoms with van der Waals surface area (Å²) >= 11 is 0. The predicted molar refractivity (Wildman–Crippen MR) is 43.3 cm³/mol. The molecule has 0 aromatic rings. The molecule has 0 bridgehead atoms. The zero-order chi connectivity index (χ0) is 9.35. The summed E-state index contributed by atoms with van der Waals surface area (Å²) in [6.45, 7) is 0.297. The topological polar surface area (TPSA) is 128 Å². The van der Waals surface area contributed by atoms with Gasteiger partial charge < -0.3 is 22.3 Å². The van der Waals surface area contributed by atoms with Gasteiger partial charge in [-0.15, -0.1) is 0 Å². The lowest BCUT2D eigenvalue weighted by Crippen LogP contribution is -2.36. The third-order valence-electron chi connectivity index (χ3n) is 2.04. The number of hydrogen-bond acceptors (Lipinski definition) is 3. The van der Waals surface area contributed by atoms with Crippen molar-refractivity contribution < 1.29 is 9.90 Å². The lowest BCUT2D eigenvalue weighted by atomic mass is 10.2. The van der Waals surface area contributed by atoms with Crippen LogP contribution in [-0.4, -0.2) is 29.1 Å². The fourth-order valence-corrected chi connectivity index (χ4v) is 1.05. The van der Waals surface area contributed by atoms with Gasteiger partial charge in [-0.25, -0.2) is 0 Å². The van der Waals surface area contributed by atoms with Crippen molar-refractivity contribution in [2.45, 2.75) is 12.0 Å². The summed E-state index contributed by atoms with van der Waals surface area (Å²) in [4.78, 5) is 14.2. The molecule has 6 nitrogen and oxygen atoms in total. The molecule has 12 heavy (non-hydrogen) atoms. The largest absolute Gasteiger partial charge is 0.480 e. The van der Waals surface area contributed by atoms with Crippen molar-refractivity contribution in [1.82, 2.24) is 0 Å². The van der Waals surface area contributed by atoms with Gasteiger partial charge >= 0.3 is 5.97 Å². The maximum Gasteiger partial charge on any atom is 0.324 e. The standard InChI is InChI=1S/C6H12N4O2/c7-5(8)10-2-3-1-6(3,9)4(11)12/h3H,1-2,9H2,(H,11,12)(H4,7,8,10). The highest BCUT2D eigenvalue weighted by Crippen LogP contribution is 2.41. The van der Waals surface area contributed by atoms with Crippen LogP contribution in [0.1, 0.15) is 6.42 Å². The number of carboxylic acid groups (broad SMARTS) is 1. The van der Waals surface area contributed by atoms with Crippen LogP contribution in [0.4, 0.5) is 0 Å². The molecule has 7 N–H and O–H groups in total. The molecule has 0 spiro atoms. The maximum absolute atomic E-state index is 10.5. The summed E-state index contributed by atoms with van der Waals surface area (Å²) in [6, 6.07) is 0. The quantitative estimate of drug-likeness (QED) is 0.291. The van der Waals surface area contributed by atoms with E-state index in [9.17, 15) is 4.79 Å². The molecule has 6 heteroatoms. The minimum atomic E-state index is -1.10. The Hall–Kier alpha value is -1.30. The Morgan fingerprint density at radius 3 is 2.58 bits per heavy atom. The number of carboxylic acids is 1. The lowest BCUT2D eigenvalue weighted by molar-refractivity contribution is -0.140. The maximum atomic E-state index is 10.5. The van der Waals surface area contributed by atoms with Crippen LogP contribution < -0.4 is 17.2 Å². The number of aliphatic carboxylic acids is 1. The highest BCUT2D eigenvalue weighted by Gasteiger charge is 2.57.